The molecule has 0 fully saturated rings. The van der Waals surface area contributed by atoms with Gasteiger partial charge in [-0.2, -0.15) is 0 Å². The van der Waals surface area contributed by atoms with E-state index in [-0.39, 0.29) is 6.04 Å². The molecule has 2 rings (SSSR count). The lowest BCUT2D eigenvalue weighted by atomic mass is 10.2. The molecule has 0 unspecified atom stereocenters. The predicted octanol–water partition coefficient (Wildman–Crippen LogP) is 4.53. The largest absolute Gasteiger partial charge is 0.495 e. The Morgan fingerprint density at radius 2 is 1.81 bits per heavy atom. The van der Waals surface area contributed by atoms with E-state index in [9.17, 15) is 9.59 Å². The van der Waals surface area contributed by atoms with Gasteiger partial charge in [-0.25, -0.2) is 4.79 Å². The van der Waals surface area contributed by atoms with Crippen molar-refractivity contribution < 1.29 is 19.1 Å². The lowest BCUT2D eigenvalue weighted by Gasteiger charge is -2.16. The topological polar surface area (TPSA) is 69.6 Å². The maximum absolute atomic E-state index is 12.5. The van der Waals surface area contributed by atoms with E-state index in [1.165, 1.54) is 14.0 Å². The number of carbonyl (C=O) groups excluding carboxylic acids is 2. The van der Waals surface area contributed by atoms with Gasteiger partial charge in [0.2, 0.25) is 0 Å². The number of aryl methyl sites for hydroxylation is 1. The van der Waals surface area contributed by atoms with Gasteiger partial charge in [0, 0.05) is 22.5 Å². The SMILES string of the molecule is COc1ccc(Cl)cc1NC(=O)[C@H](C)OC(=O)c1cc(C)n(C(C)C)c1C. The van der Waals surface area contributed by atoms with Crippen molar-refractivity contribution in [3.05, 3.63) is 46.2 Å². The van der Waals surface area contributed by atoms with E-state index in [0.717, 1.165) is 11.4 Å². The standard InChI is InChI=1S/C20H25ClN2O4/c1-11(2)23-12(3)9-16(13(23)4)20(25)27-14(5)19(24)22-17-10-15(21)7-8-18(17)26-6/h7-11,14H,1-6H3,(H,22,24)/t14-/m0/s1. The summed E-state index contributed by atoms with van der Waals surface area (Å²) in [5, 5.41) is 3.13. The summed E-state index contributed by atoms with van der Waals surface area (Å²) in [6.45, 7) is 9.41. The third kappa shape index (κ3) is 4.63. The van der Waals surface area contributed by atoms with Gasteiger partial charge < -0.3 is 19.4 Å². The van der Waals surface area contributed by atoms with Crippen molar-refractivity contribution in [2.24, 2.45) is 0 Å². The zero-order valence-electron chi connectivity index (χ0n) is 16.4. The molecule has 0 saturated carbocycles. The summed E-state index contributed by atoms with van der Waals surface area (Å²) < 4.78 is 12.6. The number of esters is 1. The number of nitrogens with one attached hydrogen (secondary N) is 1. The van der Waals surface area contributed by atoms with Gasteiger partial charge in [-0.15, -0.1) is 0 Å². The zero-order chi connectivity index (χ0) is 20.3. The number of ether oxygens (including phenoxy) is 2. The number of rotatable bonds is 6. The first-order valence-electron chi connectivity index (χ1n) is 8.69. The number of methoxy groups -OCH3 is 1. The van der Waals surface area contributed by atoms with E-state index >= 15 is 0 Å². The minimum absolute atomic E-state index is 0.225. The average molecular weight is 393 g/mol. The lowest BCUT2D eigenvalue weighted by molar-refractivity contribution is -0.123. The van der Waals surface area contributed by atoms with Crippen molar-refractivity contribution in [1.29, 1.82) is 0 Å². The molecule has 1 atom stereocenters. The normalized spacial score (nSPS) is 12.0. The van der Waals surface area contributed by atoms with Crippen molar-refractivity contribution in [1.82, 2.24) is 4.57 Å². The first-order valence-corrected chi connectivity index (χ1v) is 9.07. The number of anilines is 1. The molecule has 1 aromatic carbocycles. The average Bonchev–Trinajstić information content (AvgIpc) is 2.89. The number of benzene rings is 1. The van der Waals surface area contributed by atoms with Crippen LogP contribution < -0.4 is 10.1 Å². The quantitative estimate of drug-likeness (QED) is 0.733. The zero-order valence-corrected chi connectivity index (χ0v) is 17.2. The van der Waals surface area contributed by atoms with Gasteiger partial charge in [0.1, 0.15) is 5.75 Å². The molecule has 6 nitrogen and oxygen atoms in total. The fourth-order valence-electron chi connectivity index (χ4n) is 3.07. The molecule has 1 amide bonds. The second kappa shape index (κ2) is 8.48. The Kier molecular flexibility index (Phi) is 6.54. The van der Waals surface area contributed by atoms with Crippen molar-refractivity contribution in [2.75, 3.05) is 12.4 Å². The summed E-state index contributed by atoms with van der Waals surface area (Å²) in [7, 11) is 1.49. The first-order chi connectivity index (χ1) is 12.6. The molecule has 0 aliphatic rings. The molecule has 2 aromatic rings. The van der Waals surface area contributed by atoms with E-state index in [0.29, 0.717) is 22.0 Å². The van der Waals surface area contributed by atoms with Crippen molar-refractivity contribution >= 4 is 29.2 Å². The van der Waals surface area contributed by atoms with Crippen LogP contribution in [0.1, 0.15) is 48.6 Å². The Hall–Kier alpha value is -2.47. The lowest BCUT2D eigenvalue weighted by Crippen LogP contribution is -2.30. The van der Waals surface area contributed by atoms with Crippen LogP contribution in [0.5, 0.6) is 5.75 Å². The predicted molar refractivity (Wildman–Crippen MR) is 106 cm³/mol. The fourth-order valence-corrected chi connectivity index (χ4v) is 3.24. The van der Waals surface area contributed by atoms with E-state index < -0.39 is 18.0 Å². The minimum atomic E-state index is -0.983. The number of amides is 1. The maximum atomic E-state index is 12.5. The third-order valence-electron chi connectivity index (χ3n) is 4.29. The molecule has 0 spiro atoms. The number of nitrogens with zero attached hydrogens (tertiary/aromatic N) is 1. The number of hydrogen-bond acceptors (Lipinski definition) is 4. The third-order valence-corrected chi connectivity index (χ3v) is 4.53. The highest BCUT2D eigenvalue weighted by Crippen LogP contribution is 2.28. The van der Waals surface area contributed by atoms with Crippen LogP contribution in [0.3, 0.4) is 0 Å². The summed E-state index contributed by atoms with van der Waals surface area (Å²) in [5.41, 5.74) is 2.66. The van der Waals surface area contributed by atoms with Gasteiger partial charge in [0.05, 0.1) is 18.4 Å². The van der Waals surface area contributed by atoms with Gasteiger partial charge in [0.25, 0.3) is 5.91 Å². The minimum Gasteiger partial charge on any atom is -0.495 e. The van der Waals surface area contributed by atoms with Crippen LogP contribution in [-0.2, 0) is 9.53 Å². The summed E-state index contributed by atoms with van der Waals surface area (Å²) in [6, 6.07) is 6.88. The van der Waals surface area contributed by atoms with Crippen LogP contribution in [0.25, 0.3) is 0 Å². The van der Waals surface area contributed by atoms with Crippen LogP contribution in [-0.4, -0.2) is 29.7 Å². The van der Waals surface area contributed by atoms with Crippen LogP contribution in [0.4, 0.5) is 5.69 Å². The maximum Gasteiger partial charge on any atom is 0.340 e. The second-order valence-electron chi connectivity index (χ2n) is 6.63. The first kappa shape index (κ1) is 20.8. The monoisotopic (exact) mass is 392 g/mol. The molecule has 0 radical (unpaired) electrons. The second-order valence-corrected chi connectivity index (χ2v) is 7.07. The number of aromatic nitrogens is 1. The Labute approximate surface area is 164 Å². The number of halogens is 1. The van der Waals surface area contributed by atoms with E-state index in [1.807, 2.05) is 27.7 Å². The van der Waals surface area contributed by atoms with Crippen molar-refractivity contribution in [2.45, 2.75) is 46.8 Å². The van der Waals surface area contributed by atoms with Crippen molar-refractivity contribution in [3.8, 4) is 5.75 Å². The van der Waals surface area contributed by atoms with E-state index in [4.69, 9.17) is 21.1 Å². The molecular formula is C20H25ClN2O4. The molecule has 0 aliphatic carbocycles. The molecule has 146 valence electrons. The van der Waals surface area contributed by atoms with Gasteiger partial charge in [-0.1, -0.05) is 11.6 Å². The molecular weight excluding hydrogens is 368 g/mol. The van der Waals surface area contributed by atoms with Gasteiger partial charge in [-0.05, 0) is 58.9 Å². The molecule has 1 aromatic heterocycles. The highest BCUT2D eigenvalue weighted by atomic mass is 35.5. The molecule has 0 aliphatic heterocycles. The summed E-state index contributed by atoms with van der Waals surface area (Å²) >= 11 is 5.97. The molecule has 1 heterocycles. The highest BCUT2D eigenvalue weighted by Gasteiger charge is 2.24. The van der Waals surface area contributed by atoms with Crippen molar-refractivity contribution in [3.63, 3.8) is 0 Å². The number of carbonyl (C=O) groups is 2. The van der Waals surface area contributed by atoms with E-state index in [1.54, 1.807) is 24.3 Å². The van der Waals surface area contributed by atoms with Crippen LogP contribution in [0.2, 0.25) is 5.02 Å². The summed E-state index contributed by atoms with van der Waals surface area (Å²) in [6.07, 6.45) is -0.983. The Morgan fingerprint density at radius 3 is 2.37 bits per heavy atom. The van der Waals surface area contributed by atoms with Gasteiger partial charge in [0.15, 0.2) is 6.10 Å². The Morgan fingerprint density at radius 1 is 1.15 bits per heavy atom. The van der Waals surface area contributed by atoms with Crippen LogP contribution in [0, 0.1) is 13.8 Å². The summed E-state index contributed by atoms with van der Waals surface area (Å²) in [5.74, 6) is -0.538. The van der Waals surface area contributed by atoms with E-state index in [2.05, 4.69) is 9.88 Å². The van der Waals surface area contributed by atoms with Gasteiger partial charge in [-0.3, -0.25) is 4.79 Å². The smallest absolute Gasteiger partial charge is 0.340 e. The highest BCUT2D eigenvalue weighted by molar-refractivity contribution is 6.31. The fraction of sp³-hybridized carbons (Fsp3) is 0.400. The molecule has 0 saturated heterocycles. The molecule has 7 heteroatoms. The summed E-state index contributed by atoms with van der Waals surface area (Å²) in [4.78, 5) is 25.0. The Balaban J connectivity index is 2.12. The molecule has 0 bridgehead atoms. The van der Waals surface area contributed by atoms with Crippen LogP contribution in [0.15, 0.2) is 24.3 Å². The Bertz CT molecular complexity index is 858. The molecule has 1 N–H and O–H groups in total. The van der Waals surface area contributed by atoms with Crippen LogP contribution >= 0.6 is 11.6 Å². The number of hydrogen-bond donors (Lipinski definition) is 1. The molecule has 27 heavy (non-hydrogen) atoms. The van der Waals surface area contributed by atoms with Gasteiger partial charge >= 0.3 is 5.97 Å².